The summed E-state index contributed by atoms with van der Waals surface area (Å²) in [5.74, 6) is 0.601. The van der Waals surface area contributed by atoms with Crippen molar-refractivity contribution in [3.05, 3.63) is 89.1 Å². The molecule has 4 rings (SSSR count). The van der Waals surface area contributed by atoms with Gasteiger partial charge in [-0.05, 0) is 87.4 Å². The van der Waals surface area contributed by atoms with Gasteiger partial charge in [0.25, 0.3) is 11.8 Å². The molecule has 0 aliphatic carbocycles. The van der Waals surface area contributed by atoms with E-state index in [0.29, 0.717) is 28.4 Å². The van der Waals surface area contributed by atoms with E-state index in [1.165, 1.54) is 4.90 Å². The van der Waals surface area contributed by atoms with Crippen molar-refractivity contribution in [3.8, 4) is 11.5 Å². The molecule has 2 amide bonds. The van der Waals surface area contributed by atoms with Gasteiger partial charge in [0.1, 0.15) is 17.2 Å². The molecule has 34 heavy (non-hydrogen) atoms. The molecule has 3 aromatic carbocycles. The maximum Gasteiger partial charge on any atom is 0.282 e. The number of aryl methyl sites for hydroxylation is 2. The third kappa shape index (κ3) is 4.53. The van der Waals surface area contributed by atoms with E-state index in [1.54, 1.807) is 43.5 Å². The molecule has 0 unspecified atom stereocenters. The molecule has 0 atom stereocenters. The minimum atomic E-state index is -0.409. The van der Waals surface area contributed by atoms with Gasteiger partial charge < -0.3 is 14.8 Å². The number of hydrogen-bond donors (Lipinski definition) is 1. The van der Waals surface area contributed by atoms with Crippen molar-refractivity contribution in [2.75, 3.05) is 17.3 Å². The van der Waals surface area contributed by atoms with Crippen LogP contribution in [0.2, 0.25) is 0 Å². The molecule has 0 saturated heterocycles. The number of ether oxygens (including phenoxy) is 2. The monoisotopic (exact) mass is 456 g/mol. The van der Waals surface area contributed by atoms with Gasteiger partial charge in [0.05, 0.1) is 24.5 Å². The van der Waals surface area contributed by atoms with Crippen molar-refractivity contribution in [1.29, 1.82) is 0 Å². The predicted molar refractivity (Wildman–Crippen MR) is 134 cm³/mol. The highest BCUT2D eigenvalue weighted by Crippen LogP contribution is 2.36. The second kappa shape index (κ2) is 9.43. The van der Waals surface area contributed by atoms with Gasteiger partial charge in [0.2, 0.25) is 0 Å². The molecule has 174 valence electrons. The van der Waals surface area contributed by atoms with E-state index < -0.39 is 5.91 Å². The largest absolute Gasteiger partial charge is 0.497 e. The highest BCUT2D eigenvalue weighted by molar-refractivity contribution is 6.46. The zero-order valence-electron chi connectivity index (χ0n) is 20.0. The number of carbonyl (C=O) groups excluding carboxylic acids is 2. The number of nitrogens with one attached hydrogen (secondary N) is 1. The third-order valence-electron chi connectivity index (χ3n) is 5.56. The maximum absolute atomic E-state index is 13.7. The molecule has 1 aliphatic rings. The second-order valence-corrected chi connectivity index (χ2v) is 8.53. The van der Waals surface area contributed by atoms with Crippen molar-refractivity contribution < 1.29 is 19.1 Å². The van der Waals surface area contributed by atoms with Crippen LogP contribution in [-0.4, -0.2) is 25.0 Å². The third-order valence-corrected chi connectivity index (χ3v) is 5.56. The Kier molecular flexibility index (Phi) is 6.41. The maximum atomic E-state index is 13.7. The standard InChI is InChI=1S/C28H28N2O4/c1-17(2)34-23-13-9-21(10-14-23)30-27(31)25(24-15-6-18(3)16-19(24)4)26(28(30)32)29-20-7-11-22(33-5)12-8-20/h6-17,29H,1-5H3. The average Bonchev–Trinajstić information content (AvgIpc) is 3.04. The van der Waals surface area contributed by atoms with Crippen molar-refractivity contribution in [1.82, 2.24) is 0 Å². The highest BCUT2D eigenvalue weighted by Gasteiger charge is 2.40. The van der Waals surface area contributed by atoms with Gasteiger partial charge in [-0.3, -0.25) is 9.59 Å². The van der Waals surface area contributed by atoms with Crippen LogP contribution in [0.25, 0.3) is 5.57 Å². The Labute approximate surface area is 199 Å². The molecule has 0 fully saturated rings. The first-order chi connectivity index (χ1) is 16.3. The Balaban J connectivity index is 1.76. The molecule has 6 heteroatoms. The summed E-state index contributed by atoms with van der Waals surface area (Å²) in [6.45, 7) is 7.83. The summed E-state index contributed by atoms with van der Waals surface area (Å²) in [5.41, 5.74) is 4.49. The van der Waals surface area contributed by atoms with Crippen molar-refractivity contribution >= 4 is 28.8 Å². The van der Waals surface area contributed by atoms with Crippen LogP contribution in [0, 0.1) is 13.8 Å². The van der Waals surface area contributed by atoms with Crippen LogP contribution >= 0.6 is 0 Å². The van der Waals surface area contributed by atoms with Crippen molar-refractivity contribution in [2.45, 2.75) is 33.8 Å². The van der Waals surface area contributed by atoms with E-state index >= 15 is 0 Å². The van der Waals surface area contributed by atoms with E-state index in [-0.39, 0.29) is 17.7 Å². The molecule has 3 aromatic rings. The second-order valence-electron chi connectivity index (χ2n) is 8.53. The van der Waals surface area contributed by atoms with Gasteiger partial charge in [-0.25, -0.2) is 4.90 Å². The van der Waals surface area contributed by atoms with Crippen molar-refractivity contribution in [3.63, 3.8) is 0 Å². The van der Waals surface area contributed by atoms with E-state index in [0.717, 1.165) is 16.7 Å². The van der Waals surface area contributed by atoms with Crippen LogP contribution < -0.4 is 19.7 Å². The zero-order valence-corrected chi connectivity index (χ0v) is 20.0. The summed E-state index contributed by atoms with van der Waals surface area (Å²) in [4.78, 5) is 28.5. The lowest BCUT2D eigenvalue weighted by molar-refractivity contribution is -0.120. The molecule has 1 aliphatic heterocycles. The first-order valence-electron chi connectivity index (χ1n) is 11.2. The number of hydrogen-bond acceptors (Lipinski definition) is 5. The van der Waals surface area contributed by atoms with E-state index in [2.05, 4.69) is 5.32 Å². The van der Waals surface area contributed by atoms with E-state index in [9.17, 15) is 9.59 Å². The van der Waals surface area contributed by atoms with Crippen LogP contribution in [0.1, 0.15) is 30.5 Å². The van der Waals surface area contributed by atoms with E-state index in [4.69, 9.17) is 9.47 Å². The molecule has 0 radical (unpaired) electrons. The minimum absolute atomic E-state index is 0.0268. The number of rotatable bonds is 7. The van der Waals surface area contributed by atoms with Gasteiger partial charge in [-0.15, -0.1) is 0 Å². The molecule has 0 saturated carbocycles. The number of carbonyl (C=O) groups is 2. The quantitative estimate of drug-likeness (QED) is 0.476. The number of methoxy groups -OCH3 is 1. The predicted octanol–water partition coefficient (Wildman–Crippen LogP) is 5.50. The number of benzene rings is 3. The van der Waals surface area contributed by atoms with Gasteiger partial charge in [0, 0.05) is 5.69 Å². The van der Waals surface area contributed by atoms with Gasteiger partial charge in [0.15, 0.2) is 0 Å². The Bertz CT molecular complexity index is 1260. The normalized spacial score (nSPS) is 13.6. The van der Waals surface area contributed by atoms with Crippen molar-refractivity contribution in [2.24, 2.45) is 0 Å². The molecular formula is C28H28N2O4. The first-order valence-corrected chi connectivity index (χ1v) is 11.2. The zero-order chi connectivity index (χ0) is 24.4. The fourth-order valence-corrected chi connectivity index (χ4v) is 3.99. The molecular weight excluding hydrogens is 428 g/mol. The number of anilines is 2. The highest BCUT2D eigenvalue weighted by atomic mass is 16.5. The lowest BCUT2D eigenvalue weighted by Crippen LogP contribution is -2.32. The Morgan fingerprint density at radius 3 is 2.06 bits per heavy atom. The molecule has 0 aromatic heterocycles. The van der Waals surface area contributed by atoms with Crippen LogP contribution in [0.3, 0.4) is 0 Å². The van der Waals surface area contributed by atoms with Gasteiger partial charge in [-0.1, -0.05) is 23.8 Å². The summed E-state index contributed by atoms with van der Waals surface area (Å²) in [6, 6.07) is 20.0. The summed E-state index contributed by atoms with van der Waals surface area (Å²) < 4.78 is 10.9. The molecule has 0 bridgehead atoms. The number of amides is 2. The molecule has 0 spiro atoms. The fraction of sp³-hybridized carbons (Fsp3) is 0.214. The fourth-order valence-electron chi connectivity index (χ4n) is 3.99. The van der Waals surface area contributed by atoms with Gasteiger partial charge >= 0.3 is 0 Å². The molecule has 1 heterocycles. The average molecular weight is 457 g/mol. The number of nitrogens with zero attached hydrogens (tertiary/aromatic N) is 1. The smallest absolute Gasteiger partial charge is 0.282 e. The minimum Gasteiger partial charge on any atom is -0.497 e. The summed E-state index contributed by atoms with van der Waals surface area (Å²) in [5, 5.41) is 3.19. The topological polar surface area (TPSA) is 67.9 Å². The SMILES string of the molecule is COc1ccc(NC2=C(c3ccc(C)cc3C)C(=O)N(c3ccc(OC(C)C)cc3)C2=O)cc1. The van der Waals surface area contributed by atoms with Crippen LogP contribution in [0.5, 0.6) is 11.5 Å². The summed E-state index contributed by atoms with van der Waals surface area (Å²) >= 11 is 0. The lowest BCUT2D eigenvalue weighted by Gasteiger charge is -2.17. The molecule has 1 N–H and O–H groups in total. The van der Waals surface area contributed by atoms with Crippen LogP contribution in [-0.2, 0) is 9.59 Å². The Hall–Kier alpha value is -4.06. The van der Waals surface area contributed by atoms with Gasteiger partial charge in [-0.2, -0.15) is 0 Å². The Morgan fingerprint density at radius 1 is 0.824 bits per heavy atom. The summed E-state index contributed by atoms with van der Waals surface area (Å²) in [6.07, 6.45) is 0.0268. The lowest BCUT2D eigenvalue weighted by atomic mass is 9.97. The number of imide groups is 1. The van der Waals surface area contributed by atoms with Crippen LogP contribution in [0.4, 0.5) is 11.4 Å². The Morgan fingerprint density at radius 2 is 1.47 bits per heavy atom. The van der Waals surface area contributed by atoms with Crippen LogP contribution in [0.15, 0.2) is 72.4 Å². The summed E-state index contributed by atoms with van der Waals surface area (Å²) in [7, 11) is 1.59. The van der Waals surface area contributed by atoms with E-state index in [1.807, 2.05) is 58.0 Å². The molecule has 6 nitrogen and oxygen atoms in total. The first kappa shape index (κ1) is 23.1.